The second-order valence-corrected chi connectivity index (χ2v) is 4.89. The van der Waals surface area contributed by atoms with Crippen LogP contribution in [0.2, 0.25) is 0 Å². The molecular formula is C14H13BrFNO. The van der Waals surface area contributed by atoms with Crippen LogP contribution in [0, 0.1) is 5.82 Å². The van der Waals surface area contributed by atoms with E-state index in [1.165, 1.54) is 12.1 Å². The molecule has 1 atom stereocenters. The molecule has 0 amide bonds. The predicted molar refractivity (Wildman–Crippen MR) is 73.2 cm³/mol. The van der Waals surface area contributed by atoms with Crippen LogP contribution in [0.4, 0.5) is 4.39 Å². The van der Waals surface area contributed by atoms with Crippen LogP contribution in [0.1, 0.15) is 18.5 Å². The molecule has 0 aliphatic carbocycles. The highest BCUT2D eigenvalue weighted by Crippen LogP contribution is 2.30. The third-order valence-electron chi connectivity index (χ3n) is 2.53. The molecule has 0 fully saturated rings. The minimum atomic E-state index is -0.333. The van der Waals surface area contributed by atoms with E-state index in [1.807, 2.05) is 31.2 Å². The number of nitrogens with two attached hydrogens (primary N) is 1. The lowest BCUT2D eigenvalue weighted by Gasteiger charge is -2.10. The number of halogens is 2. The summed E-state index contributed by atoms with van der Waals surface area (Å²) in [5.41, 5.74) is 6.79. The number of benzene rings is 2. The van der Waals surface area contributed by atoms with Gasteiger partial charge in [0.2, 0.25) is 0 Å². The van der Waals surface area contributed by atoms with E-state index in [4.69, 9.17) is 10.5 Å². The van der Waals surface area contributed by atoms with Crippen molar-refractivity contribution in [2.24, 2.45) is 5.73 Å². The molecule has 0 heterocycles. The lowest BCUT2D eigenvalue weighted by atomic mass is 10.1. The standard InChI is InChI=1S/C14H13BrFNO/c1-9(17)10-2-5-12(6-3-10)18-14-8-11(16)4-7-13(14)15/h2-9H,17H2,1H3. The highest BCUT2D eigenvalue weighted by Gasteiger charge is 2.05. The first kappa shape index (κ1) is 13.1. The van der Waals surface area contributed by atoms with Gasteiger partial charge in [-0.25, -0.2) is 4.39 Å². The van der Waals surface area contributed by atoms with E-state index in [1.54, 1.807) is 6.07 Å². The van der Waals surface area contributed by atoms with E-state index >= 15 is 0 Å². The van der Waals surface area contributed by atoms with Crippen LogP contribution in [0.5, 0.6) is 11.5 Å². The maximum atomic E-state index is 13.1. The van der Waals surface area contributed by atoms with E-state index in [0.29, 0.717) is 16.0 Å². The summed E-state index contributed by atoms with van der Waals surface area (Å²) in [4.78, 5) is 0. The Morgan fingerprint density at radius 2 is 1.83 bits per heavy atom. The topological polar surface area (TPSA) is 35.2 Å². The molecule has 0 spiro atoms. The fourth-order valence-corrected chi connectivity index (χ4v) is 1.85. The molecule has 0 aromatic heterocycles. The largest absolute Gasteiger partial charge is 0.456 e. The normalized spacial score (nSPS) is 12.2. The van der Waals surface area contributed by atoms with E-state index in [9.17, 15) is 4.39 Å². The smallest absolute Gasteiger partial charge is 0.144 e. The van der Waals surface area contributed by atoms with Crippen LogP contribution in [0.3, 0.4) is 0 Å². The van der Waals surface area contributed by atoms with E-state index in [0.717, 1.165) is 5.56 Å². The van der Waals surface area contributed by atoms with E-state index in [2.05, 4.69) is 15.9 Å². The fraction of sp³-hybridized carbons (Fsp3) is 0.143. The van der Waals surface area contributed by atoms with Crippen LogP contribution >= 0.6 is 15.9 Å². The highest BCUT2D eigenvalue weighted by atomic mass is 79.9. The van der Waals surface area contributed by atoms with Crippen LogP contribution in [-0.2, 0) is 0 Å². The van der Waals surface area contributed by atoms with Crippen molar-refractivity contribution in [1.82, 2.24) is 0 Å². The van der Waals surface area contributed by atoms with Gasteiger partial charge in [-0.1, -0.05) is 12.1 Å². The van der Waals surface area contributed by atoms with Crippen LogP contribution in [-0.4, -0.2) is 0 Å². The summed E-state index contributed by atoms with van der Waals surface area (Å²) in [5.74, 6) is 0.759. The minimum absolute atomic E-state index is 0.0139. The molecule has 18 heavy (non-hydrogen) atoms. The van der Waals surface area contributed by atoms with Crippen LogP contribution in [0.25, 0.3) is 0 Å². The van der Waals surface area contributed by atoms with Crippen molar-refractivity contribution in [3.05, 3.63) is 58.3 Å². The summed E-state index contributed by atoms with van der Waals surface area (Å²) in [6.45, 7) is 1.92. The molecule has 2 aromatic carbocycles. The predicted octanol–water partition coefficient (Wildman–Crippen LogP) is 4.40. The molecule has 94 valence electrons. The Bertz CT molecular complexity index is 540. The van der Waals surface area contributed by atoms with Crippen LogP contribution < -0.4 is 10.5 Å². The monoisotopic (exact) mass is 309 g/mol. The van der Waals surface area contributed by atoms with E-state index in [-0.39, 0.29) is 11.9 Å². The second kappa shape index (κ2) is 5.50. The molecule has 0 saturated carbocycles. The number of hydrogen-bond acceptors (Lipinski definition) is 2. The Morgan fingerprint density at radius 3 is 2.44 bits per heavy atom. The maximum Gasteiger partial charge on any atom is 0.144 e. The molecular weight excluding hydrogens is 297 g/mol. The molecule has 0 aliphatic rings. The molecule has 1 unspecified atom stereocenters. The van der Waals surface area contributed by atoms with Gasteiger partial charge in [0.25, 0.3) is 0 Å². The quantitative estimate of drug-likeness (QED) is 0.912. The summed E-state index contributed by atoms with van der Waals surface area (Å²) in [5, 5.41) is 0. The van der Waals surface area contributed by atoms with Crippen molar-refractivity contribution in [3.63, 3.8) is 0 Å². The average Bonchev–Trinajstić information content (AvgIpc) is 2.34. The zero-order chi connectivity index (χ0) is 13.1. The van der Waals surface area contributed by atoms with Gasteiger partial charge in [-0.2, -0.15) is 0 Å². The molecule has 2 aromatic rings. The molecule has 2 nitrogen and oxygen atoms in total. The average molecular weight is 310 g/mol. The summed E-state index contributed by atoms with van der Waals surface area (Å²) >= 11 is 3.31. The Labute approximate surface area is 114 Å². The fourth-order valence-electron chi connectivity index (χ4n) is 1.52. The lowest BCUT2D eigenvalue weighted by molar-refractivity contribution is 0.473. The first-order chi connectivity index (χ1) is 8.56. The van der Waals surface area contributed by atoms with Gasteiger partial charge in [0.05, 0.1) is 4.47 Å². The molecule has 0 aliphatic heterocycles. The molecule has 0 bridgehead atoms. The Hall–Kier alpha value is -1.39. The number of rotatable bonds is 3. The SMILES string of the molecule is CC(N)c1ccc(Oc2cc(F)ccc2Br)cc1. The van der Waals surface area contributed by atoms with Crippen molar-refractivity contribution in [3.8, 4) is 11.5 Å². The van der Waals surface area contributed by atoms with Gasteiger partial charge < -0.3 is 10.5 Å². The highest BCUT2D eigenvalue weighted by molar-refractivity contribution is 9.10. The zero-order valence-electron chi connectivity index (χ0n) is 9.86. The molecule has 2 rings (SSSR count). The zero-order valence-corrected chi connectivity index (χ0v) is 11.4. The summed E-state index contributed by atoms with van der Waals surface area (Å²) in [6.07, 6.45) is 0. The first-order valence-corrected chi connectivity index (χ1v) is 6.34. The Balaban J connectivity index is 2.21. The number of ether oxygens (including phenoxy) is 1. The summed E-state index contributed by atoms with van der Waals surface area (Å²) < 4.78 is 19.4. The van der Waals surface area contributed by atoms with Gasteiger partial charge in [0.1, 0.15) is 17.3 Å². The van der Waals surface area contributed by atoms with Gasteiger partial charge in [-0.3, -0.25) is 0 Å². The van der Waals surface area contributed by atoms with Crippen molar-refractivity contribution < 1.29 is 9.13 Å². The molecule has 4 heteroatoms. The first-order valence-electron chi connectivity index (χ1n) is 5.54. The molecule has 0 saturated heterocycles. The van der Waals surface area contributed by atoms with Crippen molar-refractivity contribution in [1.29, 1.82) is 0 Å². The Morgan fingerprint density at radius 1 is 1.17 bits per heavy atom. The lowest BCUT2D eigenvalue weighted by Crippen LogP contribution is -2.04. The third kappa shape index (κ3) is 3.09. The van der Waals surface area contributed by atoms with Crippen molar-refractivity contribution in [2.45, 2.75) is 13.0 Å². The maximum absolute atomic E-state index is 13.1. The minimum Gasteiger partial charge on any atom is -0.456 e. The van der Waals surface area contributed by atoms with Gasteiger partial charge in [-0.05, 0) is 52.7 Å². The van der Waals surface area contributed by atoms with Gasteiger partial charge in [0, 0.05) is 12.1 Å². The molecule has 0 radical (unpaired) electrons. The van der Waals surface area contributed by atoms with Crippen LogP contribution in [0.15, 0.2) is 46.9 Å². The van der Waals surface area contributed by atoms with Gasteiger partial charge in [0.15, 0.2) is 0 Å². The number of hydrogen-bond donors (Lipinski definition) is 1. The Kier molecular flexibility index (Phi) is 3.99. The van der Waals surface area contributed by atoms with Gasteiger partial charge in [-0.15, -0.1) is 0 Å². The van der Waals surface area contributed by atoms with E-state index < -0.39 is 0 Å². The third-order valence-corrected chi connectivity index (χ3v) is 3.18. The van der Waals surface area contributed by atoms with Gasteiger partial charge >= 0.3 is 0 Å². The second-order valence-electron chi connectivity index (χ2n) is 4.03. The van der Waals surface area contributed by atoms with Crippen molar-refractivity contribution >= 4 is 15.9 Å². The summed E-state index contributed by atoms with van der Waals surface area (Å²) in [7, 11) is 0. The van der Waals surface area contributed by atoms with Crippen molar-refractivity contribution in [2.75, 3.05) is 0 Å². The summed E-state index contributed by atoms with van der Waals surface area (Å²) in [6, 6.07) is 11.7. The molecule has 2 N–H and O–H groups in total.